The second-order valence-electron chi connectivity index (χ2n) is 8.49. The van der Waals surface area contributed by atoms with Crippen LogP contribution in [0, 0.1) is 0 Å². The first-order valence-electron chi connectivity index (χ1n) is 10.9. The molecular formula is C25H30N4O5. The molecule has 0 spiro atoms. The summed E-state index contributed by atoms with van der Waals surface area (Å²) < 4.78 is 12.1. The molecule has 1 N–H and O–H groups in total. The minimum absolute atomic E-state index is 0.221. The maximum atomic E-state index is 12.8. The van der Waals surface area contributed by atoms with Crippen LogP contribution in [-0.2, 0) is 11.8 Å². The van der Waals surface area contributed by atoms with Gasteiger partial charge in [0.15, 0.2) is 5.75 Å². The van der Waals surface area contributed by atoms with E-state index in [4.69, 9.17) is 14.3 Å². The van der Waals surface area contributed by atoms with Gasteiger partial charge in [-0.1, -0.05) is 6.07 Å². The average Bonchev–Trinajstić information content (AvgIpc) is 3.23. The first-order chi connectivity index (χ1) is 16.1. The summed E-state index contributed by atoms with van der Waals surface area (Å²) in [5.74, 6) is 0.713. The molecule has 1 heterocycles. The third-order valence-corrected chi connectivity index (χ3v) is 4.90. The number of amides is 2. The van der Waals surface area contributed by atoms with Gasteiger partial charge in [0.2, 0.25) is 0 Å². The van der Waals surface area contributed by atoms with E-state index in [1.54, 1.807) is 74.4 Å². The minimum Gasteiger partial charge on any atom is -0.497 e. The molecule has 0 aliphatic carbocycles. The van der Waals surface area contributed by atoms with Crippen LogP contribution in [0.5, 0.6) is 11.5 Å². The van der Waals surface area contributed by atoms with E-state index in [1.165, 1.54) is 5.06 Å². The maximum absolute atomic E-state index is 12.8. The van der Waals surface area contributed by atoms with Crippen molar-refractivity contribution in [1.82, 2.24) is 14.8 Å². The van der Waals surface area contributed by atoms with Gasteiger partial charge in [-0.05, 0) is 70.2 Å². The zero-order valence-electron chi connectivity index (χ0n) is 20.3. The molecule has 3 aromatic rings. The monoisotopic (exact) mass is 466 g/mol. The first kappa shape index (κ1) is 24.6. The van der Waals surface area contributed by atoms with Gasteiger partial charge < -0.3 is 19.6 Å². The second-order valence-corrected chi connectivity index (χ2v) is 8.49. The van der Waals surface area contributed by atoms with Crippen molar-refractivity contribution >= 4 is 17.7 Å². The fraction of sp³-hybridized carbons (Fsp3) is 0.320. The molecule has 180 valence electrons. The molecule has 2 amide bonds. The number of aryl methyl sites for hydroxylation is 1. The molecule has 0 unspecified atom stereocenters. The van der Waals surface area contributed by atoms with Gasteiger partial charge in [0.25, 0.3) is 5.91 Å². The smallest absolute Gasteiger partial charge is 0.443 e. The molecule has 0 saturated heterocycles. The van der Waals surface area contributed by atoms with Crippen molar-refractivity contribution in [2.24, 2.45) is 7.05 Å². The first-order valence-corrected chi connectivity index (χ1v) is 10.9. The lowest BCUT2D eigenvalue weighted by atomic mass is 10.1. The highest BCUT2D eigenvalue weighted by Crippen LogP contribution is 2.34. The molecule has 0 aliphatic heterocycles. The summed E-state index contributed by atoms with van der Waals surface area (Å²) in [6, 6.07) is 13.9. The third-order valence-electron chi connectivity index (χ3n) is 4.90. The number of benzene rings is 2. The number of carbonyl (C=O) groups is 2. The van der Waals surface area contributed by atoms with Crippen molar-refractivity contribution < 1.29 is 23.9 Å². The molecule has 9 heteroatoms. The zero-order valence-corrected chi connectivity index (χ0v) is 20.3. The lowest BCUT2D eigenvalue weighted by molar-refractivity contribution is -0.103. The summed E-state index contributed by atoms with van der Waals surface area (Å²) in [4.78, 5) is 31.5. The van der Waals surface area contributed by atoms with Gasteiger partial charge in [0, 0.05) is 30.1 Å². The molecule has 0 radical (unpaired) electrons. The van der Waals surface area contributed by atoms with Crippen LogP contribution in [0.4, 0.5) is 10.5 Å². The van der Waals surface area contributed by atoms with Gasteiger partial charge in [0.1, 0.15) is 5.75 Å². The fourth-order valence-electron chi connectivity index (χ4n) is 3.22. The summed E-state index contributed by atoms with van der Waals surface area (Å²) in [6.07, 6.45) is 1.06. The Morgan fingerprint density at radius 2 is 1.88 bits per heavy atom. The highest BCUT2D eigenvalue weighted by molar-refractivity contribution is 6.04. The van der Waals surface area contributed by atoms with Gasteiger partial charge in [0.05, 0.1) is 24.9 Å². The molecule has 3 rings (SSSR count). The molecule has 0 bridgehead atoms. The van der Waals surface area contributed by atoms with Crippen molar-refractivity contribution in [1.29, 1.82) is 0 Å². The normalized spacial score (nSPS) is 11.0. The number of anilines is 1. The lowest BCUT2D eigenvalue weighted by Gasteiger charge is -2.33. The van der Waals surface area contributed by atoms with Crippen molar-refractivity contribution in [2.75, 3.05) is 19.0 Å². The Balaban J connectivity index is 1.97. The fourth-order valence-corrected chi connectivity index (χ4v) is 3.22. The Bertz CT molecular complexity index is 1170. The number of nitrogens with zero attached hydrogens (tertiary/aromatic N) is 3. The van der Waals surface area contributed by atoms with Crippen LogP contribution in [0.3, 0.4) is 0 Å². The van der Waals surface area contributed by atoms with Gasteiger partial charge in [-0.2, -0.15) is 5.10 Å². The number of carbonyl (C=O) groups excluding carboxylic acids is 2. The second kappa shape index (κ2) is 10.3. The van der Waals surface area contributed by atoms with Crippen molar-refractivity contribution in [3.05, 3.63) is 60.3 Å². The number of methoxy groups -OCH3 is 1. The quantitative estimate of drug-likeness (QED) is 0.498. The van der Waals surface area contributed by atoms with E-state index in [-0.39, 0.29) is 12.5 Å². The van der Waals surface area contributed by atoms with Gasteiger partial charge >= 0.3 is 6.09 Å². The molecule has 34 heavy (non-hydrogen) atoms. The molecule has 0 saturated carbocycles. The van der Waals surface area contributed by atoms with Crippen LogP contribution in [-0.4, -0.2) is 46.1 Å². The minimum atomic E-state index is -0.671. The Labute approximate surface area is 199 Å². The summed E-state index contributed by atoms with van der Waals surface area (Å²) >= 11 is 0. The molecule has 9 nitrogen and oxygen atoms in total. The number of rotatable bonds is 7. The molecule has 1 aromatic heterocycles. The van der Waals surface area contributed by atoms with Gasteiger partial charge in [-0.25, -0.2) is 4.79 Å². The van der Waals surface area contributed by atoms with E-state index in [2.05, 4.69) is 10.4 Å². The summed E-state index contributed by atoms with van der Waals surface area (Å²) in [5, 5.41) is 8.33. The number of aromatic nitrogens is 2. The third kappa shape index (κ3) is 5.67. The largest absolute Gasteiger partial charge is 0.497 e. The van der Waals surface area contributed by atoms with Crippen LogP contribution in [0.1, 0.15) is 38.1 Å². The summed E-state index contributed by atoms with van der Waals surface area (Å²) in [5.41, 5.74) is 1.72. The molecule has 2 aromatic carbocycles. The zero-order chi connectivity index (χ0) is 24.9. The Hall–Kier alpha value is -4.01. The maximum Gasteiger partial charge on any atom is 0.443 e. The van der Waals surface area contributed by atoms with Crippen LogP contribution in [0.15, 0.2) is 54.7 Å². The topological polar surface area (TPSA) is 94.9 Å². The number of nitrogens with one attached hydrogen (secondary N) is 1. The van der Waals surface area contributed by atoms with Crippen LogP contribution in [0.25, 0.3) is 11.3 Å². The van der Waals surface area contributed by atoms with E-state index in [0.29, 0.717) is 28.3 Å². The number of ether oxygens (including phenoxy) is 2. The predicted molar refractivity (Wildman–Crippen MR) is 129 cm³/mol. The Kier molecular flexibility index (Phi) is 7.45. The van der Waals surface area contributed by atoms with Crippen LogP contribution in [0.2, 0.25) is 0 Å². The van der Waals surface area contributed by atoms with Crippen LogP contribution >= 0.6 is 0 Å². The molecular weight excluding hydrogens is 436 g/mol. The van der Waals surface area contributed by atoms with Crippen molar-refractivity contribution in [2.45, 2.75) is 33.2 Å². The Morgan fingerprint density at radius 1 is 1.12 bits per heavy atom. The van der Waals surface area contributed by atoms with E-state index < -0.39 is 11.6 Å². The van der Waals surface area contributed by atoms with E-state index >= 15 is 0 Å². The van der Waals surface area contributed by atoms with Crippen molar-refractivity contribution in [3.63, 3.8) is 0 Å². The van der Waals surface area contributed by atoms with Crippen LogP contribution < -0.4 is 14.9 Å². The lowest BCUT2D eigenvalue weighted by Crippen LogP contribution is -2.48. The molecule has 0 fully saturated rings. The number of hydrogen-bond acceptors (Lipinski definition) is 6. The van der Waals surface area contributed by atoms with Gasteiger partial charge in [-0.15, -0.1) is 5.06 Å². The van der Waals surface area contributed by atoms with E-state index in [9.17, 15) is 9.59 Å². The number of hydrogen-bond donors (Lipinski definition) is 1. The molecule has 0 atom stereocenters. The van der Waals surface area contributed by atoms with Gasteiger partial charge in [-0.3, -0.25) is 9.48 Å². The Morgan fingerprint density at radius 3 is 2.50 bits per heavy atom. The van der Waals surface area contributed by atoms with E-state index in [0.717, 1.165) is 5.69 Å². The summed E-state index contributed by atoms with van der Waals surface area (Å²) in [7, 11) is 3.35. The summed E-state index contributed by atoms with van der Waals surface area (Å²) in [6.45, 7) is 7.49. The predicted octanol–water partition coefficient (Wildman–Crippen LogP) is 4.90. The molecule has 0 aliphatic rings. The van der Waals surface area contributed by atoms with E-state index in [1.807, 2.05) is 26.8 Å². The van der Waals surface area contributed by atoms with Crippen molar-refractivity contribution in [3.8, 4) is 22.8 Å². The highest BCUT2D eigenvalue weighted by Gasteiger charge is 2.31. The average molecular weight is 467 g/mol. The SMILES string of the molecule is CCOC(=O)N(Oc1ccc(NC(=O)c2cccc(OC)c2)cc1-c1ccnn1C)C(C)(C)C. The highest BCUT2D eigenvalue weighted by atomic mass is 16.7. The number of hydroxylamine groups is 2. The standard InChI is InChI=1S/C25H30N4O5/c1-7-33-24(31)29(25(2,3)4)34-22-12-11-18(16-20(22)21-13-14-26-28(21)5)27-23(30)17-9-8-10-19(15-17)32-6/h8-16H,7H2,1-6H3,(H,27,30).